The molecule has 0 bridgehead atoms. The maximum Gasteiger partial charge on any atom is 0.357 e. The number of rotatable bonds is 2. The lowest BCUT2D eigenvalue weighted by atomic mass is 9.91. The Bertz CT molecular complexity index is 497. The van der Waals surface area contributed by atoms with Gasteiger partial charge in [-0.1, -0.05) is 16.8 Å². The summed E-state index contributed by atoms with van der Waals surface area (Å²) in [4.78, 5) is 27.9. The molecule has 0 N–H and O–H groups in total. The van der Waals surface area contributed by atoms with Crippen LogP contribution in [0.2, 0.25) is 0 Å². The van der Waals surface area contributed by atoms with Gasteiger partial charge in [-0.15, -0.1) is 11.6 Å². The number of nitrogens with zero attached hydrogens (tertiary/aromatic N) is 1. The first-order valence-electron chi connectivity index (χ1n) is 5.19. The fraction of sp³-hybridized carbons (Fsp3) is 0.364. The Balaban J connectivity index is 2.27. The summed E-state index contributed by atoms with van der Waals surface area (Å²) in [7, 11) is 0. The zero-order chi connectivity index (χ0) is 13.3. The van der Waals surface area contributed by atoms with Gasteiger partial charge >= 0.3 is 5.97 Å². The van der Waals surface area contributed by atoms with E-state index in [0.717, 1.165) is 0 Å². The summed E-state index contributed by atoms with van der Waals surface area (Å²) in [5.74, 6) is -0.938. The second kappa shape index (κ2) is 4.74. The smallest absolute Gasteiger partial charge is 0.357 e. The van der Waals surface area contributed by atoms with Crippen LogP contribution in [0.1, 0.15) is 6.92 Å². The van der Waals surface area contributed by atoms with Crippen molar-refractivity contribution < 1.29 is 19.2 Å². The molecule has 2 aliphatic rings. The maximum atomic E-state index is 11.6. The highest BCUT2D eigenvalue weighted by molar-refractivity contribution is 6.51. The minimum atomic E-state index is -1.29. The number of hydrogen-bond acceptors (Lipinski definition) is 5. The van der Waals surface area contributed by atoms with Crippen molar-refractivity contribution in [2.75, 3.05) is 6.61 Å². The first-order chi connectivity index (χ1) is 8.51. The fourth-order valence-electron chi connectivity index (χ4n) is 1.62. The third-order valence-corrected chi connectivity index (χ3v) is 3.47. The molecule has 0 radical (unpaired) electrons. The lowest BCUT2D eigenvalue weighted by Crippen LogP contribution is -2.42. The summed E-state index contributed by atoms with van der Waals surface area (Å²) < 4.78 is 4.80. The third-order valence-electron chi connectivity index (χ3n) is 2.53. The van der Waals surface area contributed by atoms with Crippen LogP contribution in [0.5, 0.6) is 0 Å². The quantitative estimate of drug-likeness (QED) is 0.571. The molecule has 2 rings (SSSR count). The summed E-state index contributed by atoms with van der Waals surface area (Å²) in [6.07, 6.45) is 3.84. The SMILES string of the molecule is CCOC(=O)C1=NO[C@@]2(C=CC(=O)C=C2Cl)[C@@H]1Cl. The van der Waals surface area contributed by atoms with Crippen LogP contribution in [0.3, 0.4) is 0 Å². The van der Waals surface area contributed by atoms with Gasteiger partial charge in [-0.3, -0.25) is 4.79 Å². The molecule has 0 saturated carbocycles. The number of allylic oxidation sites excluding steroid dienone is 2. The molecule has 1 heterocycles. The summed E-state index contributed by atoms with van der Waals surface area (Å²) in [6, 6.07) is 0. The Hall–Kier alpha value is -1.33. The zero-order valence-electron chi connectivity index (χ0n) is 9.35. The van der Waals surface area contributed by atoms with Crippen LogP contribution in [0.15, 0.2) is 28.4 Å². The fourth-order valence-corrected chi connectivity index (χ4v) is 2.35. The molecule has 0 aromatic heterocycles. The predicted molar refractivity (Wildman–Crippen MR) is 65.6 cm³/mol. The van der Waals surface area contributed by atoms with Crippen molar-refractivity contribution in [3.8, 4) is 0 Å². The number of ketones is 1. The van der Waals surface area contributed by atoms with E-state index in [2.05, 4.69) is 5.16 Å². The minimum absolute atomic E-state index is 0.0657. The molecule has 0 fully saturated rings. The Morgan fingerprint density at radius 3 is 3.00 bits per heavy atom. The molecular formula is C11H9Cl2NO4. The standard InChI is InChI=1S/C11H9Cl2NO4/c1-2-17-10(16)8-9(13)11(18-14-8)4-3-6(15)5-7(11)12/h3-5,9H,2H2,1H3/t9-,11-/m1/s1. The first kappa shape index (κ1) is 13.1. The molecule has 2 atom stereocenters. The number of esters is 1. The highest BCUT2D eigenvalue weighted by Gasteiger charge is 2.52. The second-order valence-electron chi connectivity index (χ2n) is 3.67. The molecule has 0 unspecified atom stereocenters. The van der Waals surface area contributed by atoms with Gasteiger partial charge in [0.05, 0.1) is 11.6 Å². The number of carbonyl (C=O) groups excluding carboxylic acids is 2. The molecule has 1 spiro atoms. The minimum Gasteiger partial charge on any atom is -0.461 e. The highest BCUT2D eigenvalue weighted by atomic mass is 35.5. The van der Waals surface area contributed by atoms with Crippen LogP contribution in [0.25, 0.3) is 0 Å². The molecule has 0 aromatic rings. The normalized spacial score (nSPS) is 29.9. The number of ether oxygens (including phenoxy) is 1. The molecule has 0 amide bonds. The Kier molecular flexibility index (Phi) is 3.45. The Labute approximate surface area is 113 Å². The van der Waals surface area contributed by atoms with E-state index in [4.69, 9.17) is 32.8 Å². The average Bonchev–Trinajstić information content (AvgIpc) is 2.64. The van der Waals surface area contributed by atoms with Crippen molar-refractivity contribution in [1.82, 2.24) is 0 Å². The van der Waals surface area contributed by atoms with E-state index in [9.17, 15) is 9.59 Å². The molecule has 0 saturated heterocycles. The Morgan fingerprint density at radius 1 is 1.67 bits per heavy atom. The van der Waals surface area contributed by atoms with Gasteiger partial charge in [-0.25, -0.2) is 4.79 Å². The zero-order valence-corrected chi connectivity index (χ0v) is 10.9. The monoisotopic (exact) mass is 289 g/mol. The van der Waals surface area contributed by atoms with E-state index in [1.54, 1.807) is 6.92 Å². The van der Waals surface area contributed by atoms with E-state index in [1.165, 1.54) is 18.2 Å². The summed E-state index contributed by atoms with van der Waals surface area (Å²) in [6.45, 7) is 1.87. The summed E-state index contributed by atoms with van der Waals surface area (Å²) >= 11 is 12.1. The average molecular weight is 290 g/mol. The van der Waals surface area contributed by atoms with Gasteiger partial charge < -0.3 is 9.57 Å². The van der Waals surface area contributed by atoms with Crippen LogP contribution in [0, 0.1) is 0 Å². The summed E-state index contributed by atoms with van der Waals surface area (Å²) in [5, 5.41) is 2.75. The summed E-state index contributed by atoms with van der Waals surface area (Å²) in [5.41, 5.74) is -1.36. The van der Waals surface area contributed by atoms with Crippen molar-refractivity contribution in [3.05, 3.63) is 23.3 Å². The number of alkyl halides is 1. The number of oxime groups is 1. The highest BCUT2D eigenvalue weighted by Crippen LogP contribution is 2.40. The van der Waals surface area contributed by atoms with Crippen LogP contribution in [-0.4, -0.2) is 35.0 Å². The van der Waals surface area contributed by atoms with E-state index in [1.807, 2.05) is 0 Å². The molecule has 5 nitrogen and oxygen atoms in total. The van der Waals surface area contributed by atoms with Gasteiger partial charge in [-0.05, 0) is 19.1 Å². The van der Waals surface area contributed by atoms with Crippen molar-refractivity contribution in [1.29, 1.82) is 0 Å². The molecule has 0 aromatic carbocycles. The Morgan fingerprint density at radius 2 is 2.39 bits per heavy atom. The molecular weight excluding hydrogens is 281 g/mol. The lowest BCUT2D eigenvalue weighted by Gasteiger charge is -2.27. The number of halogens is 2. The van der Waals surface area contributed by atoms with Crippen LogP contribution in [-0.2, 0) is 19.2 Å². The van der Waals surface area contributed by atoms with Crippen LogP contribution in [0.4, 0.5) is 0 Å². The van der Waals surface area contributed by atoms with Gasteiger partial charge in [0.25, 0.3) is 0 Å². The van der Waals surface area contributed by atoms with E-state index in [-0.39, 0.29) is 23.1 Å². The van der Waals surface area contributed by atoms with E-state index >= 15 is 0 Å². The van der Waals surface area contributed by atoms with Crippen molar-refractivity contribution >= 4 is 40.7 Å². The lowest BCUT2D eigenvalue weighted by molar-refractivity contribution is -0.135. The topological polar surface area (TPSA) is 65.0 Å². The largest absolute Gasteiger partial charge is 0.461 e. The van der Waals surface area contributed by atoms with Gasteiger partial charge in [0, 0.05) is 6.08 Å². The number of carbonyl (C=O) groups is 2. The van der Waals surface area contributed by atoms with Gasteiger partial charge in [0.1, 0.15) is 5.38 Å². The third kappa shape index (κ3) is 1.93. The number of hydrogen-bond donors (Lipinski definition) is 0. The maximum absolute atomic E-state index is 11.6. The van der Waals surface area contributed by atoms with Gasteiger partial charge in [0.15, 0.2) is 11.5 Å². The molecule has 1 aliphatic carbocycles. The van der Waals surface area contributed by atoms with E-state index in [0.29, 0.717) is 0 Å². The van der Waals surface area contributed by atoms with Crippen molar-refractivity contribution in [3.63, 3.8) is 0 Å². The van der Waals surface area contributed by atoms with Crippen molar-refractivity contribution in [2.24, 2.45) is 5.16 Å². The molecule has 7 heteroatoms. The molecule has 96 valence electrons. The second-order valence-corrected chi connectivity index (χ2v) is 4.52. The van der Waals surface area contributed by atoms with Crippen LogP contribution < -0.4 is 0 Å². The van der Waals surface area contributed by atoms with Gasteiger partial charge in [0.2, 0.25) is 5.60 Å². The van der Waals surface area contributed by atoms with Gasteiger partial charge in [-0.2, -0.15) is 0 Å². The van der Waals surface area contributed by atoms with E-state index < -0.39 is 16.9 Å². The van der Waals surface area contributed by atoms with Crippen LogP contribution >= 0.6 is 23.2 Å². The molecule has 1 aliphatic heterocycles. The van der Waals surface area contributed by atoms with Crippen molar-refractivity contribution in [2.45, 2.75) is 17.9 Å². The first-order valence-corrected chi connectivity index (χ1v) is 6.01. The predicted octanol–water partition coefficient (Wildman–Crippen LogP) is 1.54. The molecule has 18 heavy (non-hydrogen) atoms.